The van der Waals surface area contributed by atoms with Crippen molar-refractivity contribution in [1.82, 2.24) is 4.98 Å². The Balaban J connectivity index is 1.86. The smallest absolute Gasteiger partial charge is 0.0825 e. The Morgan fingerprint density at radius 1 is 1.11 bits per heavy atom. The molecule has 0 spiro atoms. The van der Waals surface area contributed by atoms with Gasteiger partial charge in [0.15, 0.2) is 0 Å². The molecule has 1 atom stereocenters. The largest absolute Gasteiger partial charge is 0.374 e. The molecule has 0 aliphatic carbocycles. The minimum Gasteiger partial charge on any atom is -0.374 e. The SMILES string of the molecule is Cc1cccc(-c2ccc(C3CCCO3)cc2)n1. The maximum Gasteiger partial charge on any atom is 0.0825 e. The van der Waals surface area contributed by atoms with Gasteiger partial charge in [-0.15, -0.1) is 0 Å². The van der Waals surface area contributed by atoms with E-state index in [4.69, 9.17) is 4.74 Å². The Morgan fingerprint density at radius 3 is 2.61 bits per heavy atom. The van der Waals surface area contributed by atoms with E-state index in [1.807, 2.05) is 25.1 Å². The van der Waals surface area contributed by atoms with Gasteiger partial charge in [0.25, 0.3) is 0 Å². The summed E-state index contributed by atoms with van der Waals surface area (Å²) in [5.41, 5.74) is 4.54. The fraction of sp³-hybridized carbons (Fsp3) is 0.312. The molecule has 2 heteroatoms. The van der Waals surface area contributed by atoms with Crippen LogP contribution in [0.5, 0.6) is 0 Å². The Labute approximate surface area is 108 Å². The molecular weight excluding hydrogens is 222 g/mol. The Hall–Kier alpha value is -1.67. The first-order chi connectivity index (χ1) is 8.83. The molecule has 1 fully saturated rings. The van der Waals surface area contributed by atoms with Crippen molar-refractivity contribution < 1.29 is 4.74 Å². The van der Waals surface area contributed by atoms with Crippen molar-refractivity contribution in [3.63, 3.8) is 0 Å². The molecule has 0 N–H and O–H groups in total. The monoisotopic (exact) mass is 239 g/mol. The first kappa shape index (κ1) is 11.4. The van der Waals surface area contributed by atoms with Gasteiger partial charge in [-0.25, -0.2) is 0 Å². The van der Waals surface area contributed by atoms with E-state index < -0.39 is 0 Å². The number of hydrogen-bond donors (Lipinski definition) is 0. The molecule has 2 heterocycles. The van der Waals surface area contributed by atoms with E-state index in [1.165, 1.54) is 17.5 Å². The molecule has 0 saturated carbocycles. The van der Waals surface area contributed by atoms with Crippen LogP contribution in [0.25, 0.3) is 11.3 Å². The minimum atomic E-state index is 0.296. The summed E-state index contributed by atoms with van der Waals surface area (Å²) in [5.74, 6) is 0. The zero-order chi connectivity index (χ0) is 12.4. The second kappa shape index (κ2) is 4.91. The summed E-state index contributed by atoms with van der Waals surface area (Å²) < 4.78 is 5.69. The summed E-state index contributed by atoms with van der Waals surface area (Å²) in [5, 5.41) is 0. The lowest BCUT2D eigenvalue weighted by Crippen LogP contribution is -1.95. The van der Waals surface area contributed by atoms with E-state index in [1.54, 1.807) is 0 Å². The molecule has 0 bridgehead atoms. The number of rotatable bonds is 2. The molecule has 1 unspecified atom stereocenters. The lowest BCUT2D eigenvalue weighted by atomic mass is 10.0. The van der Waals surface area contributed by atoms with Gasteiger partial charge in [0.05, 0.1) is 11.8 Å². The number of nitrogens with zero attached hydrogens (tertiary/aromatic N) is 1. The van der Waals surface area contributed by atoms with Crippen LogP contribution in [0.15, 0.2) is 42.5 Å². The van der Waals surface area contributed by atoms with Gasteiger partial charge in [-0.05, 0) is 37.5 Å². The second-order valence-electron chi connectivity index (χ2n) is 4.79. The van der Waals surface area contributed by atoms with Gasteiger partial charge >= 0.3 is 0 Å². The first-order valence-corrected chi connectivity index (χ1v) is 6.48. The van der Waals surface area contributed by atoms with Crippen LogP contribution in [0.3, 0.4) is 0 Å². The fourth-order valence-corrected chi connectivity index (χ4v) is 2.41. The third-order valence-corrected chi connectivity index (χ3v) is 3.40. The lowest BCUT2D eigenvalue weighted by Gasteiger charge is -2.10. The minimum absolute atomic E-state index is 0.296. The van der Waals surface area contributed by atoms with Crippen LogP contribution >= 0.6 is 0 Å². The molecule has 0 amide bonds. The normalized spacial score (nSPS) is 19.1. The number of ether oxygens (including phenoxy) is 1. The lowest BCUT2D eigenvalue weighted by molar-refractivity contribution is 0.112. The first-order valence-electron chi connectivity index (χ1n) is 6.48. The number of pyridine rings is 1. The number of aromatic nitrogens is 1. The van der Waals surface area contributed by atoms with Crippen LogP contribution in [-0.2, 0) is 4.74 Å². The van der Waals surface area contributed by atoms with E-state index in [0.29, 0.717) is 6.10 Å². The molecular formula is C16H17NO. The molecule has 18 heavy (non-hydrogen) atoms. The van der Waals surface area contributed by atoms with Gasteiger partial charge in [-0.1, -0.05) is 30.3 Å². The standard InChI is InChI=1S/C16H17NO/c1-12-4-2-5-15(17-12)13-7-9-14(10-8-13)16-6-3-11-18-16/h2,4-5,7-10,16H,3,6,11H2,1H3. The summed E-state index contributed by atoms with van der Waals surface area (Å²) >= 11 is 0. The maximum atomic E-state index is 5.69. The molecule has 92 valence electrons. The summed E-state index contributed by atoms with van der Waals surface area (Å²) in [6.07, 6.45) is 2.61. The highest BCUT2D eigenvalue weighted by molar-refractivity contribution is 5.59. The third kappa shape index (κ3) is 2.29. The van der Waals surface area contributed by atoms with Crippen molar-refractivity contribution in [2.24, 2.45) is 0 Å². The molecule has 1 aliphatic rings. The Kier molecular flexibility index (Phi) is 3.11. The van der Waals surface area contributed by atoms with E-state index in [9.17, 15) is 0 Å². The van der Waals surface area contributed by atoms with Crippen molar-refractivity contribution in [2.45, 2.75) is 25.9 Å². The van der Waals surface area contributed by atoms with Gasteiger partial charge in [-0.2, -0.15) is 0 Å². The zero-order valence-corrected chi connectivity index (χ0v) is 10.6. The molecule has 1 aromatic heterocycles. The van der Waals surface area contributed by atoms with Crippen LogP contribution in [0, 0.1) is 6.92 Å². The fourth-order valence-electron chi connectivity index (χ4n) is 2.41. The van der Waals surface area contributed by atoms with Crippen LogP contribution < -0.4 is 0 Å². The van der Waals surface area contributed by atoms with Crippen LogP contribution in [0.4, 0.5) is 0 Å². The third-order valence-electron chi connectivity index (χ3n) is 3.40. The van der Waals surface area contributed by atoms with Gasteiger partial charge in [-0.3, -0.25) is 4.98 Å². The van der Waals surface area contributed by atoms with Crippen LogP contribution in [0.2, 0.25) is 0 Å². The van der Waals surface area contributed by atoms with Crippen LogP contribution in [0.1, 0.15) is 30.2 Å². The van der Waals surface area contributed by atoms with Gasteiger partial charge in [0, 0.05) is 17.9 Å². The average molecular weight is 239 g/mol. The van der Waals surface area contributed by atoms with E-state index in [2.05, 4.69) is 29.2 Å². The van der Waals surface area contributed by atoms with Crippen molar-refractivity contribution >= 4 is 0 Å². The number of benzene rings is 1. The molecule has 2 nitrogen and oxygen atoms in total. The van der Waals surface area contributed by atoms with Crippen molar-refractivity contribution in [1.29, 1.82) is 0 Å². The summed E-state index contributed by atoms with van der Waals surface area (Å²) in [7, 11) is 0. The molecule has 3 rings (SSSR count). The van der Waals surface area contributed by atoms with Gasteiger partial charge in [0.2, 0.25) is 0 Å². The van der Waals surface area contributed by atoms with Gasteiger partial charge in [0.1, 0.15) is 0 Å². The molecule has 1 aromatic carbocycles. The predicted octanol–water partition coefficient (Wildman–Crippen LogP) is 3.91. The molecule has 1 saturated heterocycles. The van der Waals surface area contributed by atoms with Crippen molar-refractivity contribution in [3.8, 4) is 11.3 Å². The highest BCUT2D eigenvalue weighted by atomic mass is 16.5. The zero-order valence-electron chi connectivity index (χ0n) is 10.6. The van der Waals surface area contributed by atoms with E-state index >= 15 is 0 Å². The Bertz CT molecular complexity index is 527. The van der Waals surface area contributed by atoms with E-state index in [-0.39, 0.29) is 0 Å². The average Bonchev–Trinajstić information content (AvgIpc) is 2.93. The number of aryl methyl sites for hydroxylation is 1. The maximum absolute atomic E-state index is 5.69. The van der Waals surface area contributed by atoms with E-state index in [0.717, 1.165) is 24.4 Å². The predicted molar refractivity (Wildman–Crippen MR) is 72.3 cm³/mol. The second-order valence-corrected chi connectivity index (χ2v) is 4.79. The summed E-state index contributed by atoms with van der Waals surface area (Å²) in [6, 6.07) is 14.7. The van der Waals surface area contributed by atoms with Crippen molar-refractivity contribution in [3.05, 3.63) is 53.7 Å². The van der Waals surface area contributed by atoms with Crippen LogP contribution in [-0.4, -0.2) is 11.6 Å². The molecule has 1 aliphatic heterocycles. The Morgan fingerprint density at radius 2 is 1.94 bits per heavy atom. The summed E-state index contributed by atoms with van der Waals surface area (Å²) in [4.78, 5) is 4.54. The van der Waals surface area contributed by atoms with Crippen molar-refractivity contribution in [2.75, 3.05) is 6.61 Å². The summed E-state index contributed by atoms with van der Waals surface area (Å²) in [6.45, 7) is 2.91. The quantitative estimate of drug-likeness (QED) is 0.792. The topological polar surface area (TPSA) is 22.1 Å². The number of hydrogen-bond acceptors (Lipinski definition) is 2. The molecule has 2 aromatic rings. The molecule has 0 radical (unpaired) electrons. The highest BCUT2D eigenvalue weighted by Gasteiger charge is 2.17. The van der Waals surface area contributed by atoms with Gasteiger partial charge < -0.3 is 4.74 Å². The highest BCUT2D eigenvalue weighted by Crippen LogP contribution is 2.29.